The second-order valence-corrected chi connectivity index (χ2v) is 9.67. The number of carbonyl (C=O) groups excluding carboxylic acids is 1. The summed E-state index contributed by atoms with van der Waals surface area (Å²) in [5.41, 5.74) is 1.24. The number of ether oxygens (including phenoxy) is 3. The minimum absolute atomic E-state index is 0.100. The van der Waals surface area contributed by atoms with Gasteiger partial charge in [-0.1, -0.05) is 12.1 Å². The van der Waals surface area contributed by atoms with Gasteiger partial charge in [-0.05, 0) is 66.9 Å². The number of benzene rings is 3. The number of sulfonamides is 1. The molecular formula is C26H29FN2O6S. The molecule has 0 heterocycles. The number of methoxy groups -OCH3 is 3. The molecule has 3 aromatic carbocycles. The summed E-state index contributed by atoms with van der Waals surface area (Å²) in [4.78, 5) is 12.6. The second-order valence-electron chi connectivity index (χ2n) is 7.81. The Morgan fingerprint density at radius 1 is 0.889 bits per heavy atom. The number of hydrogen-bond donors (Lipinski definition) is 1. The zero-order chi connectivity index (χ0) is 26.1. The van der Waals surface area contributed by atoms with E-state index in [1.807, 2.05) is 24.3 Å². The highest BCUT2D eigenvalue weighted by molar-refractivity contribution is 7.92. The standard InChI is InChI=1S/C26H29FN2O6S/c1-33-22-12-6-19(7-13-22)5-4-16-28-26(30)18-29(21-10-8-20(27)9-11-21)36(31,32)23-14-15-24(34-2)25(17-23)35-3/h6-15,17H,4-5,16,18H2,1-3H3,(H,28,30). The maximum absolute atomic E-state index is 13.5. The molecule has 0 radical (unpaired) electrons. The first-order valence-corrected chi connectivity index (χ1v) is 12.6. The van der Waals surface area contributed by atoms with Crippen molar-refractivity contribution in [3.8, 4) is 17.2 Å². The number of rotatable bonds is 12. The van der Waals surface area contributed by atoms with Gasteiger partial charge in [0.1, 0.15) is 18.1 Å². The fourth-order valence-corrected chi connectivity index (χ4v) is 4.96. The molecular weight excluding hydrogens is 487 g/mol. The molecule has 3 rings (SSSR count). The van der Waals surface area contributed by atoms with E-state index in [4.69, 9.17) is 14.2 Å². The topological polar surface area (TPSA) is 94.2 Å². The van der Waals surface area contributed by atoms with Crippen LogP contribution in [0.4, 0.5) is 10.1 Å². The van der Waals surface area contributed by atoms with E-state index < -0.39 is 28.3 Å². The minimum Gasteiger partial charge on any atom is -0.497 e. The maximum Gasteiger partial charge on any atom is 0.264 e. The molecule has 0 bridgehead atoms. The van der Waals surface area contributed by atoms with Crippen LogP contribution in [0.15, 0.2) is 71.6 Å². The summed E-state index contributed by atoms with van der Waals surface area (Å²) in [5, 5.41) is 2.76. The van der Waals surface area contributed by atoms with Crippen molar-refractivity contribution in [2.45, 2.75) is 17.7 Å². The van der Waals surface area contributed by atoms with Crippen LogP contribution in [0.3, 0.4) is 0 Å². The Hall–Kier alpha value is -3.79. The Labute approximate surface area is 210 Å². The Bertz CT molecular complexity index is 1260. The quantitative estimate of drug-likeness (QED) is 0.368. The first-order chi connectivity index (χ1) is 17.3. The summed E-state index contributed by atoms with van der Waals surface area (Å²) < 4.78 is 57.1. The normalized spacial score (nSPS) is 11.0. The van der Waals surface area contributed by atoms with E-state index in [2.05, 4.69) is 5.32 Å². The first kappa shape index (κ1) is 26.8. The van der Waals surface area contributed by atoms with Crippen molar-refractivity contribution >= 4 is 21.6 Å². The van der Waals surface area contributed by atoms with E-state index in [0.717, 1.165) is 34.2 Å². The monoisotopic (exact) mass is 516 g/mol. The van der Waals surface area contributed by atoms with E-state index >= 15 is 0 Å². The van der Waals surface area contributed by atoms with Crippen molar-refractivity contribution in [3.05, 3.63) is 78.1 Å². The summed E-state index contributed by atoms with van der Waals surface area (Å²) >= 11 is 0. The molecule has 0 spiro atoms. The van der Waals surface area contributed by atoms with Crippen molar-refractivity contribution in [2.24, 2.45) is 0 Å². The predicted octanol–water partition coefficient (Wildman–Crippen LogP) is 3.80. The SMILES string of the molecule is COc1ccc(CCCNC(=O)CN(c2ccc(F)cc2)S(=O)(=O)c2ccc(OC)c(OC)c2)cc1. The van der Waals surface area contributed by atoms with Gasteiger partial charge in [-0.15, -0.1) is 0 Å². The van der Waals surface area contributed by atoms with E-state index in [9.17, 15) is 17.6 Å². The van der Waals surface area contributed by atoms with Gasteiger partial charge in [0.05, 0.1) is 31.9 Å². The maximum atomic E-state index is 13.5. The number of aryl methyl sites for hydroxylation is 1. The predicted molar refractivity (Wildman–Crippen MR) is 135 cm³/mol. The van der Waals surface area contributed by atoms with Crippen LogP contribution in [0.1, 0.15) is 12.0 Å². The molecule has 10 heteroatoms. The fraction of sp³-hybridized carbons (Fsp3) is 0.269. The lowest BCUT2D eigenvalue weighted by Gasteiger charge is -2.24. The van der Waals surface area contributed by atoms with Crippen LogP contribution in [-0.4, -0.2) is 48.7 Å². The molecule has 0 aliphatic rings. The van der Waals surface area contributed by atoms with Crippen LogP contribution < -0.4 is 23.8 Å². The summed E-state index contributed by atoms with van der Waals surface area (Å²) in [6.45, 7) is -0.122. The summed E-state index contributed by atoms with van der Waals surface area (Å²) in [6.07, 6.45) is 1.40. The van der Waals surface area contributed by atoms with Gasteiger partial charge in [0.25, 0.3) is 10.0 Å². The molecule has 8 nitrogen and oxygen atoms in total. The van der Waals surface area contributed by atoms with Gasteiger partial charge in [0.15, 0.2) is 11.5 Å². The Morgan fingerprint density at radius 3 is 2.17 bits per heavy atom. The molecule has 0 saturated heterocycles. The number of halogens is 1. The van der Waals surface area contributed by atoms with Gasteiger partial charge in [-0.2, -0.15) is 0 Å². The van der Waals surface area contributed by atoms with E-state index in [-0.39, 0.29) is 16.3 Å². The second kappa shape index (κ2) is 12.3. The number of carbonyl (C=O) groups is 1. The van der Waals surface area contributed by atoms with Crippen LogP contribution in [0.25, 0.3) is 0 Å². The molecule has 0 unspecified atom stereocenters. The van der Waals surface area contributed by atoms with Crippen LogP contribution in [0, 0.1) is 5.82 Å². The number of anilines is 1. The van der Waals surface area contributed by atoms with Crippen LogP contribution in [0.2, 0.25) is 0 Å². The van der Waals surface area contributed by atoms with Gasteiger partial charge < -0.3 is 19.5 Å². The zero-order valence-corrected chi connectivity index (χ0v) is 21.2. The van der Waals surface area contributed by atoms with Crippen molar-refractivity contribution in [1.29, 1.82) is 0 Å². The molecule has 0 saturated carbocycles. The molecule has 36 heavy (non-hydrogen) atoms. The van der Waals surface area contributed by atoms with E-state index in [1.165, 1.54) is 44.6 Å². The Morgan fingerprint density at radius 2 is 1.56 bits per heavy atom. The third-order valence-electron chi connectivity index (χ3n) is 5.47. The zero-order valence-electron chi connectivity index (χ0n) is 20.4. The summed E-state index contributed by atoms with van der Waals surface area (Å²) in [7, 11) is 0.240. The molecule has 0 aliphatic carbocycles. The molecule has 0 atom stereocenters. The average molecular weight is 517 g/mol. The number of nitrogens with one attached hydrogen (secondary N) is 1. The van der Waals surface area contributed by atoms with Gasteiger partial charge in [-0.3, -0.25) is 9.10 Å². The van der Waals surface area contributed by atoms with Crippen molar-refractivity contribution in [1.82, 2.24) is 5.32 Å². The number of hydrogen-bond acceptors (Lipinski definition) is 6. The first-order valence-electron chi connectivity index (χ1n) is 11.2. The number of nitrogens with zero attached hydrogens (tertiary/aromatic N) is 1. The fourth-order valence-electron chi connectivity index (χ4n) is 3.53. The summed E-state index contributed by atoms with van der Waals surface area (Å²) in [6, 6.07) is 16.7. The van der Waals surface area contributed by atoms with Gasteiger partial charge >= 0.3 is 0 Å². The van der Waals surface area contributed by atoms with E-state index in [1.54, 1.807) is 7.11 Å². The molecule has 3 aromatic rings. The molecule has 1 N–H and O–H groups in total. The lowest BCUT2D eigenvalue weighted by molar-refractivity contribution is -0.119. The summed E-state index contributed by atoms with van der Waals surface area (Å²) in [5.74, 6) is 0.340. The lowest BCUT2D eigenvalue weighted by atomic mass is 10.1. The molecule has 1 amide bonds. The van der Waals surface area contributed by atoms with Crippen LogP contribution >= 0.6 is 0 Å². The van der Waals surface area contributed by atoms with Crippen molar-refractivity contribution < 1.29 is 31.8 Å². The van der Waals surface area contributed by atoms with Gasteiger partial charge in [0.2, 0.25) is 5.91 Å². The highest BCUT2D eigenvalue weighted by atomic mass is 32.2. The van der Waals surface area contributed by atoms with Gasteiger partial charge in [-0.25, -0.2) is 12.8 Å². The van der Waals surface area contributed by atoms with Crippen molar-refractivity contribution in [2.75, 3.05) is 38.7 Å². The molecule has 0 fully saturated rings. The van der Waals surface area contributed by atoms with E-state index in [0.29, 0.717) is 18.7 Å². The Kier molecular flexibility index (Phi) is 9.13. The van der Waals surface area contributed by atoms with Crippen molar-refractivity contribution in [3.63, 3.8) is 0 Å². The van der Waals surface area contributed by atoms with Gasteiger partial charge in [0, 0.05) is 12.6 Å². The van der Waals surface area contributed by atoms with Crippen LogP contribution in [0.5, 0.6) is 17.2 Å². The molecule has 192 valence electrons. The smallest absolute Gasteiger partial charge is 0.264 e. The highest BCUT2D eigenvalue weighted by Crippen LogP contribution is 2.32. The average Bonchev–Trinajstić information content (AvgIpc) is 2.90. The molecule has 0 aliphatic heterocycles. The highest BCUT2D eigenvalue weighted by Gasteiger charge is 2.28. The third-order valence-corrected chi connectivity index (χ3v) is 7.24. The third kappa shape index (κ3) is 6.66. The largest absolute Gasteiger partial charge is 0.497 e. The number of amides is 1. The minimum atomic E-state index is -4.20. The molecule has 0 aromatic heterocycles. The Balaban J connectivity index is 1.74. The lowest BCUT2D eigenvalue weighted by Crippen LogP contribution is -2.41. The van der Waals surface area contributed by atoms with Crippen LogP contribution in [-0.2, 0) is 21.2 Å².